The standard InChI is InChI=1S/C9H5BrF3NO/c10-6-1-2-7(15-9(11,12)13)8-5(6)3-4-14-8/h1-4,14H. The van der Waals surface area contributed by atoms with Crippen molar-refractivity contribution >= 4 is 26.8 Å². The molecule has 0 aliphatic heterocycles. The Morgan fingerprint density at radius 3 is 2.60 bits per heavy atom. The van der Waals surface area contributed by atoms with Crippen LogP contribution in [0.5, 0.6) is 5.75 Å². The van der Waals surface area contributed by atoms with Crippen LogP contribution in [0.1, 0.15) is 0 Å². The lowest BCUT2D eigenvalue weighted by molar-refractivity contribution is -0.274. The van der Waals surface area contributed by atoms with Crippen LogP contribution in [0.2, 0.25) is 0 Å². The maximum Gasteiger partial charge on any atom is 0.573 e. The maximum atomic E-state index is 12.0. The minimum atomic E-state index is -4.67. The quantitative estimate of drug-likeness (QED) is 0.843. The lowest BCUT2D eigenvalue weighted by atomic mass is 10.2. The molecule has 2 rings (SSSR count). The van der Waals surface area contributed by atoms with Gasteiger partial charge in [-0.2, -0.15) is 0 Å². The topological polar surface area (TPSA) is 25.0 Å². The highest BCUT2D eigenvalue weighted by atomic mass is 79.9. The second-order valence-corrected chi connectivity index (χ2v) is 3.71. The van der Waals surface area contributed by atoms with Gasteiger partial charge in [0, 0.05) is 16.1 Å². The summed E-state index contributed by atoms with van der Waals surface area (Å²) < 4.78 is 40.7. The molecule has 0 aliphatic rings. The normalized spacial score (nSPS) is 12.0. The third-order valence-electron chi connectivity index (χ3n) is 1.86. The van der Waals surface area contributed by atoms with Crippen LogP contribution in [0.3, 0.4) is 0 Å². The fourth-order valence-corrected chi connectivity index (χ4v) is 1.77. The van der Waals surface area contributed by atoms with Gasteiger partial charge in [0.1, 0.15) is 0 Å². The third-order valence-corrected chi connectivity index (χ3v) is 2.55. The summed E-state index contributed by atoms with van der Waals surface area (Å²) in [4.78, 5) is 2.70. The van der Waals surface area contributed by atoms with Crippen LogP contribution in [0.4, 0.5) is 13.2 Å². The molecule has 1 aromatic heterocycles. The van der Waals surface area contributed by atoms with E-state index in [-0.39, 0.29) is 5.75 Å². The Hall–Kier alpha value is -1.17. The lowest BCUT2D eigenvalue weighted by Gasteiger charge is -2.09. The number of hydrogen-bond donors (Lipinski definition) is 1. The van der Waals surface area contributed by atoms with Crippen molar-refractivity contribution < 1.29 is 17.9 Å². The van der Waals surface area contributed by atoms with Crippen molar-refractivity contribution in [3.05, 3.63) is 28.9 Å². The molecule has 6 heteroatoms. The van der Waals surface area contributed by atoms with E-state index in [1.165, 1.54) is 12.1 Å². The van der Waals surface area contributed by atoms with E-state index in [1.54, 1.807) is 12.3 Å². The molecule has 0 saturated heterocycles. The molecule has 0 aliphatic carbocycles. The van der Waals surface area contributed by atoms with Crippen LogP contribution >= 0.6 is 15.9 Å². The van der Waals surface area contributed by atoms with Gasteiger partial charge < -0.3 is 9.72 Å². The summed E-state index contributed by atoms with van der Waals surface area (Å²) in [6.45, 7) is 0. The molecule has 1 aromatic carbocycles. The van der Waals surface area contributed by atoms with Gasteiger partial charge in [-0.1, -0.05) is 15.9 Å². The van der Waals surface area contributed by atoms with Gasteiger partial charge in [0.15, 0.2) is 5.75 Å². The molecule has 0 atom stereocenters. The van der Waals surface area contributed by atoms with Crippen molar-refractivity contribution in [2.24, 2.45) is 0 Å². The van der Waals surface area contributed by atoms with Crippen LogP contribution in [0.25, 0.3) is 10.9 Å². The molecule has 2 nitrogen and oxygen atoms in total. The molecule has 2 aromatic rings. The third kappa shape index (κ3) is 2.09. The molecule has 0 fully saturated rings. The summed E-state index contributed by atoms with van der Waals surface area (Å²) in [5.41, 5.74) is 0.321. The first kappa shape index (κ1) is 10.4. The van der Waals surface area contributed by atoms with Gasteiger partial charge in [-0.05, 0) is 18.2 Å². The van der Waals surface area contributed by atoms with E-state index >= 15 is 0 Å². The first-order valence-electron chi connectivity index (χ1n) is 3.99. The Balaban J connectivity index is 2.53. The summed E-state index contributed by atoms with van der Waals surface area (Å²) in [7, 11) is 0. The fourth-order valence-electron chi connectivity index (χ4n) is 1.30. The number of halogens is 4. The lowest BCUT2D eigenvalue weighted by Crippen LogP contribution is -2.17. The van der Waals surface area contributed by atoms with E-state index in [2.05, 4.69) is 25.7 Å². The zero-order valence-corrected chi connectivity index (χ0v) is 8.82. The molecule has 15 heavy (non-hydrogen) atoms. The molecule has 1 heterocycles. The van der Waals surface area contributed by atoms with E-state index in [9.17, 15) is 13.2 Å². The summed E-state index contributed by atoms with van der Waals surface area (Å²) in [6, 6.07) is 4.44. The summed E-state index contributed by atoms with van der Waals surface area (Å²) in [6.07, 6.45) is -3.12. The van der Waals surface area contributed by atoms with E-state index in [0.717, 1.165) is 0 Å². The van der Waals surface area contributed by atoms with Gasteiger partial charge in [-0.25, -0.2) is 0 Å². The van der Waals surface area contributed by atoms with Crippen molar-refractivity contribution in [1.29, 1.82) is 0 Å². The molecule has 0 bridgehead atoms. The van der Waals surface area contributed by atoms with Crippen molar-refractivity contribution in [2.45, 2.75) is 6.36 Å². The highest BCUT2D eigenvalue weighted by molar-refractivity contribution is 9.10. The Morgan fingerprint density at radius 1 is 1.20 bits per heavy atom. The zero-order chi connectivity index (χ0) is 11.1. The van der Waals surface area contributed by atoms with Crippen LogP contribution < -0.4 is 4.74 Å². The molecule has 0 unspecified atom stereocenters. The number of aromatic nitrogens is 1. The Morgan fingerprint density at radius 2 is 1.93 bits per heavy atom. The van der Waals surface area contributed by atoms with E-state index in [0.29, 0.717) is 15.4 Å². The van der Waals surface area contributed by atoms with Gasteiger partial charge in [0.2, 0.25) is 0 Å². The van der Waals surface area contributed by atoms with Crippen molar-refractivity contribution in [3.63, 3.8) is 0 Å². The fraction of sp³-hybridized carbons (Fsp3) is 0.111. The molecule has 0 spiro atoms. The van der Waals surface area contributed by atoms with Crippen molar-refractivity contribution in [2.75, 3.05) is 0 Å². The predicted octanol–water partition coefficient (Wildman–Crippen LogP) is 3.83. The first-order chi connectivity index (χ1) is 6.97. The van der Waals surface area contributed by atoms with Crippen LogP contribution in [-0.4, -0.2) is 11.3 Å². The molecular weight excluding hydrogens is 275 g/mol. The average molecular weight is 280 g/mol. The number of hydrogen-bond acceptors (Lipinski definition) is 1. The molecule has 1 N–H and O–H groups in total. The van der Waals surface area contributed by atoms with Gasteiger partial charge in [0.25, 0.3) is 0 Å². The van der Waals surface area contributed by atoms with Crippen LogP contribution in [-0.2, 0) is 0 Å². The number of alkyl halides is 3. The number of fused-ring (bicyclic) bond motifs is 1. The number of ether oxygens (including phenoxy) is 1. The van der Waals surface area contributed by atoms with Crippen LogP contribution in [0.15, 0.2) is 28.9 Å². The van der Waals surface area contributed by atoms with Gasteiger partial charge >= 0.3 is 6.36 Å². The minimum Gasteiger partial charge on any atom is -0.404 e. The van der Waals surface area contributed by atoms with E-state index in [1.807, 2.05) is 0 Å². The number of H-pyrrole nitrogens is 1. The van der Waals surface area contributed by atoms with Gasteiger partial charge in [-0.3, -0.25) is 0 Å². The maximum absolute atomic E-state index is 12.0. The van der Waals surface area contributed by atoms with Crippen molar-refractivity contribution in [1.82, 2.24) is 4.98 Å². The monoisotopic (exact) mass is 279 g/mol. The Kier molecular flexibility index (Phi) is 2.38. The van der Waals surface area contributed by atoms with E-state index in [4.69, 9.17) is 0 Å². The number of nitrogens with one attached hydrogen (secondary N) is 1. The zero-order valence-electron chi connectivity index (χ0n) is 7.23. The predicted molar refractivity (Wildman–Crippen MR) is 52.7 cm³/mol. The number of rotatable bonds is 1. The second-order valence-electron chi connectivity index (χ2n) is 2.86. The van der Waals surface area contributed by atoms with Crippen molar-refractivity contribution in [3.8, 4) is 5.75 Å². The van der Waals surface area contributed by atoms with Crippen LogP contribution in [0, 0.1) is 0 Å². The van der Waals surface area contributed by atoms with E-state index < -0.39 is 6.36 Å². The number of aromatic amines is 1. The summed E-state index contributed by atoms with van der Waals surface area (Å²) in [5, 5.41) is 0.650. The first-order valence-corrected chi connectivity index (χ1v) is 4.78. The smallest absolute Gasteiger partial charge is 0.404 e. The van der Waals surface area contributed by atoms with Gasteiger partial charge in [0.05, 0.1) is 5.52 Å². The second kappa shape index (κ2) is 3.44. The Bertz CT molecular complexity index is 492. The molecular formula is C9H5BrF3NO. The summed E-state index contributed by atoms with van der Waals surface area (Å²) in [5.74, 6) is -0.231. The largest absolute Gasteiger partial charge is 0.573 e. The Labute approximate surface area is 91.2 Å². The highest BCUT2D eigenvalue weighted by Gasteiger charge is 2.32. The molecule has 0 amide bonds. The highest BCUT2D eigenvalue weighted by Crippen LogP contribution is 2.33. The minimum absolute atomic E-state index is 0.231. The molecule has 0 saturated carbocycles. The number of benzene rings is 1. The van der Waals surface area contributed by atoms with Gasteiger partial charge in [-0.15, -0.1) is 13.2 Å². The SMILES string of the molecule is FC(F)(F)Oc1ccc(Br)c2cc[nH]c12. The average Bonchev–Trinajstić information content (AvgIpc) is 2.57. The molecule has 80 valence electrons. The summed E-state index contributed by atoms with van der Waals surface area (Å²) >= 11 is 3.23. The molecule has 0 radical (unpaired) electrons.